The summed E-state index contributed by atoms with van der Waals surface area (Å²) >= 11 is 1.54. The lowest BCUT2D eigenvalue weighted by atomic mass is 9.93. The van der Waals surface area contributed by atoms with Crippen LogP contribution < -0.4 is 4.90 Å². The number of carbonyl (C=O) groups is 1. The Kier molecular flexibility index (Phi) is 4.63. The van der Waals surface area contributed by atoms with Crippen molar-refractivity contribution in [2.24, 2.45) is 11.8 Å². The normalized spacial score (nSPS) is 22.6. The quantitative estimate of drug-likeness (QED) is 0.814. The first-order valence-electron chi connectivity index (χ1n) is 9.20. The maximum Gasteiger partial charge on any atom is 0.225 e. The SMILES string of the molecule is CC1CCCN(C(=O)C2CCN(c3nc4ccc(F)cc4s3)CC2)C1. The Morgan fingerprint density at radius 1 is 1.24 bits per heavy atom. The van der Waals surface area contributed by atoms with Crippen LogP contribution in [0.2, 0.25) is 0 Å². The van der Waals surface area contributed by atoms with Crippen molar-refractivity contribution >= 4 is 32.6 Å². The molecule has 0 spiro atoms. The first-order chi connectivity index (χ1) is 12.1. The summed E-state index contributed by atoms with van der Waals surface area (Å²) in [5, 5.41) is 0.943. The fourth-order valence-corrected chi connectivity index (χ4v) is 5.03. The van der Waals surface area contributed by atoms with Gasteiger partial charge in [0.05, 0.1) is 10.2 Å². The third-order valence-electron chi connectivity index (χ3n) is 5.42. The van der Waals surface area contributed by atoms with Crippen LogP contribution in [0.5, 0.6) is 0 Å². The van der Waals surface area contributed by atoms with Gasteiger partial charge in [-0.2, -0.15) is 0 Å². The van der Waals surface area contributed by atoms with Gasteiger partial charge in [-0.3, -0.25) is 4.79 Å². The second-order valence-corrected chi connectivity index (χ2v) is 8.41. The van der Waals surface area contributed by atoms with Crippen LogP contribution in [0.25, 0.3) is 10.2 Å². The number of halogens is 1. The van der Waals surface area contributed by atoms with E-state index in [-0.39, 0.29) is 11.7 Å². The van der Waals surface area contributed by atoms with E-state index in [1.165, 1.54) is 23.8 Å². The van der Waals surface area contributed by atoms with Gasteiger partial charge in [-0.25, -0.2) is 9.37 Å². The predicted molar refractivity (Wildman–Crippen MR) is 99.5 cm³/mol. The van der Waals surface area contributed by atoms with Crippen molar-refractivity contribution in [1.82, 2.24) is 9.88 Å². The van der Waals surface area contributed by atoms with Crippen molar-refractivity contribution in [2.75, 3.05) is 31.1 Å². The van der Waals surface area contributed by atoms with Gasteiger partial charge in [0.1, 0.15) is 5.82 Å². The third-order valence-corrected chi connectivity index (χ3v) is 6.50. The molecule has 1 atom stereocenters. The van der Waals surface area contributed by atoms with E-state index in [2.05, 4.69) is 21.7 Å². The average Bonchev–Trinajstić information content (AvgIpc) is 3.04. The molecule has 25 heavy (non-hydrogen) atoms. The molecule has 1 aromatic carbocycles. The topological polar surface area (TPSA) is 36.4 Å². The Balaban J connectivity index is 1.39. The maximum absolute atomic E-state index is 13.4. The summed E-state index contributed by atoms with van der Waals surface area (Å²) < 4.78 is 14.2. The lowest BCUT2D eigenvalue weighted by molar-refractivity contribution is -0.137. The Morgan fingerprint density at radius 2 is 2.04 bits per heavy atom. The van der Waals surface area contributed by atoms with Gasteiger partial charge in [-0.15, -0.1) is 0 Å². The van der Waals surface area contributed by atoms with Gasteiger partial charge >= 0.3 is 0 Å². The molecule has 0 saturated carbocycles. The molecule has 134 valence electrons. The number of amides is 1. The lowest BCUT2D eigenvalue weighted by Gasteiger charge is -2.37. The van der Waals surface area contributed by atoms with Gasteiger partial charge in [0, 0.05) is 32.1 Å². The number of piperidine rings is 2. The Bertz CT molecular complexity index is 769. The highest BCUT2D eigenvalue weighted by atomic mass is 32.1. The average molecular weight is 361 g/mol. The Labute approximate surface area is 151 Å². The molecular formula is C19H24FN3OS. The van der Waals surface area contributed by atoms with Crippen LogP contribution in [0.15, 0.2) is 18.2 Å². The van der Waals surface area contributed by atoms with Gasteiger partial charge in [0.15, 0.2) is 5.13 Å². The van der Waals surface area contributed by atoms with E-state index >= 15 is 0 Å². The summed E-state index contributed by atoms with van der Waals surface area (Å²) in [5.74, 6) is 0.898. The van der Waals surface area contributed by atoms with Crippen LogP contribution in [-0.4, -0.2) is 42.0 Å². The number of hydrogen-bond donors (Lipinski definition) is 0. The minimum absolute atomic E-state index is 0.147. The number of fused-ring (bicyclic) bond motifs is 1. The molecule has 6 heteroatoms. The zero-order chi connectivity index (χ0) is 17.4. The van der Waals surface area contributed by atoms with E-state index in [0.29, 0.717) is 11.8 Å². The van der Waals surface area contributed by atoms with Crippen LogP contribution in [0.1, 0.15) is 32.6 Å². The molecule has 2 aromatic rings. The fraction of sp³-hybridized carbons (Fsp3) is 0.579. The van der Waals surface area contributed by atoms with Crippen molar-refractivity contribution in [3.05, 3.63) is 24.0 Å². The van der Waals surface area contributed by atoms with Crippen LogP contribution in [0.3, 0.4) is 0 Å². The van der Waals surface area contributed by atoms with Crippen LogP contribution >= 0.6 is 11.3 Å². The predicted octanol–water partition coefficient (Wildman–Crippen LogP) is 3.91. The molecule has 4 nitrogen and oxygen atoms in total. The minimum Gasteiger partial charge on any atom is -0.348 e. The van der Waals surface area contributed by atoms with E-state index in [1.807, 2.05) is 0 Å². The number of benzene rings is 1. The van der Waals surface area contributed by atoms with Gasteiger partial charge in [0.2, 0.25) is 5.91 Å². The molecule has 1 aromatic heterocycles. The Morgan fingerprint density at radius 3 is 2.80 bits per heavy atom. The number of nitrogens with zero attached hydrogens (tertiary/aromatic N) is 3. The molecule has 0 aliphatic carbocycles. The molecule has 0 N–H and O–H groups in total. The number of hydrogen-bond acceptors (Lipinski definition) is 4. The molecule has 3 heterocycles. The number of rotatable bonds is 2. The third kappa shape index (κ3) is 3.50. The van der Waals surface area contributed by atoms with Crippen LogP contribution in [0.4, 0.5) is 9.52 Å². The van der Waals surface area contributed by atoms with Gasteiger partial charge in [0.25, 0.3) is 0 Å². The van der Waals surface area contributed by atoms with Gasteiger partial charge in [-0.05, 0) is 49.8 Å². The summed E-state index contributed by atoms with van der Waals surface area (Å²) in [5.41, 5.74) is 0.849. The molecule has 2 fully saturated rings. The standard InChI is InChI=1S/C19H24FN3OS/c1-13-3-2-8-23(12-13)18(24)14-6-9-22(10-7-14)19-21-16-5-4-15(20)11-17(16)25-19/h4-5,11,13-14H,2-3,6-10,12H2,1H3. The number of carbonyl (C=O) groups excluding carboxylic acids is 1. The zero-order valence-corrected chi connectivity index (χ0v) is 15.4. The highest BCUT2D eigenvalue weighted by Crippen LogP contribution is 2.32. The monoisotopic (exact) mass is 361 g/mol. The first kappa shape index (κ1) is 16.8. The summed E-state index contributed by atoms with van der Waals surface area (Å²) in [6, 6.07) is 4.74. The molecule has 0 bridgehead atoms. The summed E-state index contributed by atoms with van der Waals surface area (Å²) in [6.45, 7) is 5.78. The molecule has 2 aliphatic rings. The molecule has 2 saturated heterocycles. The first-order valence-corrected chi connectivity index (χ1v) is 10.0. The van der Waals surface area contributed by atoms with E-state index in [1.54, 1.807) is 12.1 Å². The number of aromatic nitrogens is 1. The highest BCUT2D eigenvalue weighted by Gasteiger charge is 2.31. The molecule has 0 radical (unpaired) electrons. The summed E-state index contributed by atoms with van der Waals surface area (Å²) in [7, 11) is 0. The lowest BCUT2D eigenvalue weighted by Crippen LogP contribution is -2.46. The van der Waals surface area contributed by atoms with Crippen molar-refractivity contribution in [1.29, 1.82) is 0 Å². The van der Waals surface area contributed by atoms with Crippen LogP contribution in [0, 0.1) is 17.7 Å². The second kappa shape index (κ2) is 6.90. The summed E-state index contributed by atoms with van der Waals surface area (Å²) in [6.07, 6.45) is 4.14. The van der Waals surface area contributed by atoms with Crippen molar-refractivity contribution in [3.63, 3.8) is 0 Å². The van der Waals surface area contributed by atoms with E-state index in [0.717, 1.165) is 60.8 Å². The number of likely N-dealkylation sites (tertiary alicyclic amines) is 1. The molecule has 1 amide bonds. The number of anilines is 1. The van der Waals surface area contributed by atoms with Crippen molar-refractivity contribution in [2.45, 2.75) is 32.6 Å². The maximum atomic E-state index is 13.4. The minimum atomic E-state index is -0.220. The second-order valence-electron chi connectivity index (χ2n) is 7.40. The van der Waals surface area contributed by atoms with E-state index in [4.69, 9.17) is 0 Å². The largest absolute Gasteiger partial charge is 0.348 e. The number of thiazole rings is 1. The summed E-state index contributed by atoms with van der Waals surface area (Å²) in [4.78, 5) is 21.7. The van der Waals surface area contributed by atoms with Gasteiger partial charge in [-0.1, -0.05) is 18.3 Å². The molecule has 1 unspecified atom stereocenters. The zero-order valence-electron chi connectivity index (χ0n) is 14.6. The Hall–Kier alpha value is -1.69. The van der Waals surface area contributed by atoms with Crippen molar-refractivity contribution in [3.8, 4) is 0 Å². The molecular weight excluding hydrogens is 337 g/mol. The smallest absolute Gasteiger partial charge is 0.225 e. The highest BCUT2D eigenvalue weighted by molar-refractivity contribution is 7.22. The van der Waals surface area contributed by atoms with E-state index in [9.17, 15) is 9.18 Å². The fourth-order valence-electron chi connectivity index (χ4n) is 3.99. The van der Waals surface area contributed by atoms with Crippen molar-refractivity contribution < 1.29 is 9.18 Å². The van der Waals surface area contributed by atoms with Gasteiger partial charge < -0.3 is 9.80 Å². The van der Waals surface area contributed by atoms with Crippen LogP contribution in [-0.2, 0) is 4.79 Å². The van der Waals surface area contributed by atoms with E-state index < -0.39 is 0 Å². The molecule has 2 aliphatic heterocycles. The molecule has 4 rings (SSSR count).